The van der Waals surface area contributed by atoms with Gasteiger partial charge in [-0.3, -0.25) is 18.6 Å². The van der Waals surface area contributed by atoms with Crippen molar-refractivity contribution in [1.29, 1.82) is 0 Å². The van der Waals surface area contributed by atoms with Crippen LogP contribution in [0.4, 0.5) is 5.69 Å². The van der Waals surface area contributed by atoms with Crippen LogP contribution < -0.4 is 10.5 Å². The van der Waals surface area contributed by atoms with Gasteiger partial charge in [0, 0.05) is 56.3 Å². The molecule has 10 heteroatoms. The topological polar surface area (TPSA) is 75.7 Å². The van der Waals surface area contributed by atoms with Crippen molar-refractivity contribution in [2.75, 3.05) is 31.1 Å². The van der Waals surface area contributed by atoms with E-state index >= 15 is 0 Å². The maximum absolute atomic E-state index is 13.0. The highest BCUT2D eigenvalue weighted by molar-refractivity contribution is 7.17. The Morgan fingerprint density at radius 3 is 2.59 bits per heavy atom. The summed E-state index contributed by atoms with van der Waals surface area (Å²) in [4.78, 5) is 30.1. The van der Waals surface area contributed by atoms with E-state index in [1.54, 1.807) is 4.57 Å². The molecular formula is C24H27ClN6O2S. The molecule has 178 valence electrons. The fourth-order valence-electron chi connectivity index (χ4n) is 4.50. The zero-order chi connectivity index (χ0) is 23.7. The fraction of sp³-hybridized carbons (Fsp3) is 0.417. The summed E-state index contributed by atoms with van der Waals surface area (Å²) < 4.78 is 4.37. The summed E-state index contributed by atoms with van der Waals surface area (Å²) in [6, 6.07) is 9.75. The molecule has 1 aliphatic heterocycles. The van der Waals surface area contributed by atoms with Gasteiger partial charge in [0.15, 0.2) is 0 Å². The molecule has 34 heavy (non-hydrogen) atoms. The van der Waals surface area contributed by atoms with Crippen LogP contribution in [0.2, 0.25) is 5.02 Å². The summed E-state index contributed by atoms with van der Waals surface area (Å²) in [6.07, 6.45) is 2.73. The molecule has 4 heterocycles. The minimum atomic E-state index is -0.0143. The predicted octanol–water partition coefficient (Wildman–Crippen LogP) is 3.84. The lowest BCUT2D eigenvalue weighted by Gasteiger charge is -2.36. The number of carbonyl (C=O) groups is 1. The number of carbonyl (C=O) groups excluding carboxylic acids is 1. The number of hydrogen-bond acceptors (Lipinski definition) is 6. The normalized spacial score (nSPS) is 14.4. The second-order valence-corrected chi connectivity index (χ2v) is 9.89. The predicted molar refractivity (Wildman–Crippen MR) is 136 cm³/mol. The van der Waals surface area contributed by atoms with Crippen molar-refractivity contribution >= 4 is 50.5 Å². The van der Waals surface area contributed by atoms with Gasteiger partial charge in [-0.1, -0.05) is 24.9 Å². The molecule has 8 nitrogen and oxygen atoms in total. The fourth-order valence-corrected chi connectivity index (χ4v) is 5.45. The molecule has 1 amide bonds. The number of amides is 1. The molecule has 0 N–H and O–H groups in total. The monoisotopic (exact) mass is 498 g/mol. The van der Waals surface area contributed by atoms with E-state index in [1.807, 2.05) is 45.0 Å². The second-order valence-electron chi connectivity index (χ2n) is 8.54. The summed E-state index contributed by atoms with van der Waals surface area (Å²) in [6.45, 7) is 5.67. The highest BCUT2D eigenvalue weighted by Gasteiger charge is 2.23. The molecule has 0 spiro atoms. The Hall–Kier alpha value is -2.91. The number of hydrogen-bond donors (Lipinski definition) is 0. The number of unbranched alkanes of at least 4 members (excludes halogenated alkanes) is 1. The maximum atomic E-state index is 13.0. The number of aryl methyl sites for hydroxylation is 2. The molecule has 1 aromatic carbocycles. The summed E-state index contributed by atoms with van der Waals surface area (Å²) in [5, 5.41) is 11.4. The standard InChI is InChI=1S/C24H27ClN6O2S/c1-2-3-11-30-23(33)22-19(10-16-34-22)31-20(26-27-24(30)31)8-9-21(32)29-14-12-28(13-15-29)18-6-4-17(25)5-7-18/h4-7,10,16H,2-3,8-9,11-15H2,1H3. The Morgan fingerprint density at radius 2 is 1.85 bits per heavy atom. The minimum absolute atomic E-state index is 0.0143. The van der Waals surface area contributed by atoms with Gasteiger partial charge >= 0.3 is 0 Å². The lowest BCUT2D eigenvalue weighted by molar-refractivity contribution is -0.131. The third-order valence-corrected chi connectivity index (χ3v) is 7.54. The molecule has 0 radical (unpaired) electrons. The van der Waals surface area contributed by atoms with E-state index < -0.39 is 0 Å². The molecule has 3 aromatic heterocycles. The van der Waals surface area contributed by atoms with E-state index in [2.05, 4.69) is 22.0 Å². The van der Waals surface area contributed by atoms with Crippen LogP contribution in [0, 0.1) is 0 Å². The third-order valence-electron chi connectivity index (χ3n) is 6.40. The highest BCUT2D eigenvalue weighted by Crippen LogP contribution is 2.22. The van der Waals surface area contributed by atoms with Crippen LogP contribution in [0.1, 0.15) is 32.0 Å². The first-order chi connectivity index (χ1) is 16.6. The van der Waals surface area contributed by atoms with Crippen LogP contribution >= 0.6 is 22.9 Å². The summed E-state index contributed by atoms with van der Waals surface area (Å²) in [7, 11) is 0. The second kappa shape index (κ2) is 9.76. The Bertz CT molecular complexity index is 1370. The Kier molecular flexibility index (Phi) is 6.56. The van der Waals surface area contributed by atoms with Crippen LogP contribution in [-0.4, -0.2) is 56.2 Å². The van der Waals surface area contributed by atoms with E-state index in [0.29, 0.717) is 43.0 Å². The number of aromatic nitrogens is 4. The van der Waals surface area contributed by atoms with Crippen molar-refractivity contribution in [3.63, 3.8) is 0 Å². The number of nitrogens with zero attached hydrogens (tertiary/aromatic N) is 6. The van der Waals surface area contributed by atoms with Gasteiger partial charge < -0.3 is 9.80 Å². The number of benzene rings is 1. The molecule has 5 rings (SSSR count). The van der Waals surface area contributed by atoms with Crippen LogP contribution in [0.5, 0.6) is 0 Å². The average molecular weight is 499 g/mol. The largest absolute Gasteiger partial charge is 0.368 e. The minimum Gasteiger partial charge on any atom is -0.368 e. The molecular weight excluding hydrogens is 472 g/mol. The van der Waals surface area contributed by atoms with Gasteiger partial charge in [0.05, 0.1) is 5.52 Å². The number of anilines is 1. The van der Waals surface area contributed by atoms with Crippen molar-refractivity contribution in [2.45, 2.75) is 39.2 Å². The molecule has 0 atom stereocenters. The molecule has 1 saturated heterocycles. The lowest BCUT2D eigenvalue weighted by Crippen LogP contribution is -2.48. The molecule has 0 aliphatic carbocycles. The number of rotatable bonds is 7. The van der Waals surface area contributed by atoms with E-state index in [4.69, 9.17) is 11.6 Å². The van der Waals surface area contributed by atoms with E-state index in [9.17, 15) is 9.59 Å². The van der Waals surface area contributed by atoms with Crippen LogP contribution in [0.25, 0.3) is 16.0 Å². The Balaban J connectivity index is 1.29. The van der Waals surface area contributed by atoms with Gasteiger partial charge in [0.1, 0.15) is 10.5 Å². The first kappa shape index (κ1) is 22.9. The van der Waals surface area contributed by atoms with Gasteiger partial charge in [-0.15, -0.1) is 21.5 Å². The summed E-state index contributed by atoms with van der Waals surface area (Å²) in [5.74, 6) is 1.40. The maximum Gasteiger partial charge on any atom is 0.272 e. The molecule has 0 bridgehead atoms. The van der Waals surface area contributed by atoms with E-state index in [1.165, 1.54) is 11.3 Å². The van der Waals surface area contributed by atoms with Gasteiger partial charge in [-0.05, 0) is 42.1 Å². The molecule has 0 saturated carbocycles. The quantitative estimate of drug-likeness (QED) is 0.387. The van der Waals surface area contributed by atoms with Crippen molar-refractivity contribution in [1.82, 2.24) is 24.1 Å². The molecule has 0 unspecified atom stereocenters. The van der Waals surface area contributed by atoms with E-state index in [-0.39, 0.29) is 11.5 Å². The van der Waals surface area contributed by atoms with E-state index in [0.717, 1.165) is 48.0 Å². The summed E-state index contributed by atoms with van der Waals surface area (Å²) >= 11 is 7.43. The summed E-state index contributed by atoms with van der Waals surface area (Å²) in [5.41, 5.74) is 1.93. The zero-order valence-electron chi connectivity index (χ0n) is 19.1. The van der Waals surface area contributed by atoms with Crippen molar-refractivity contribution in [3.8, 4) is 0 Å². The SMILES string of the molecule is CCCCn1c(=O)c2sccc2n2c(CCC(=O)N3CCN(c4ccc(Cl)cc4)CC3)nnc12. The number of piperazine rings is 1. The molecule has 4 aromatic rings. The van der Waals surface area contributed by atoms with Crippen LogP contribution in [-0.2, 0) is 17.8 Å². The number of thiophene rings is 1. The average Bonchev–Trinajstić information content (AvgIpc) is 3.50. The van der Waals surface area contributed by atoms with Crippen LogP contribution in [0.15, 0.2) is 40.5 Å². The first-order valence-corrected chi connectivity index (χ1v) is 12.9. The van der Waals surface area contributed by atoms with Gasteiger partial charge in [0.2, 0.25) is 11.7 Å². The Morgan fingerprint density at radius 1 is 1.09 bits per heavy atom. The molecule has 1 fully saturated rings. The molecule has 1 aliphatic rings. The van der Waals surface area contributed by atoms with Crippen LogP contribution in [0.3, 0.4) is 0 Å². The van der Waals surface area contributed by atoms with Gasteiger partial charge in [-0.2, -0.15) is 0 Å². The Labute approximate surface area is 206 Å². The van der Waals surface area contributed by atoms with Crippen molar-refractivity contribution < 1.29 is 4.79 Å². The number of fused-ring (bicyclic) bond motifs is 3. The lowest BCUT2D eigenvalue weighted by atomic mass is 10.2. The third kappa shape index (κ3) is 4.30. The van der Waals surface area contributed by atoms with Gasteiger partial charge in [-0.25, -0.2) is 0 Å². The van der Waals surface area contributed by atoms with Gasteiger partial charge in [0.25, 0.3) is 5.56 Å². The zero-order valence-corrected chi connectivity index (χ0v) is 20.7. The first-order valence-electron chi connectivity index (χ1n) is 11.7. The number of halogens is 1. The van der Waals surface area contributed by atoms with Crippen molar-refractivity contribution in [3.05, 3.63) is 56.9 Å². The smallest absolute Gasteiger partial charge is 0.272 e. The highest BCUT2D eigenvalue weighted by atomic mass is 35.5. The van der Waals surface area contributed by atoms with Crippen molar-refractivity contribution in [2.24, 2.45) is 0 Å².